The van der Waals surface area contributed by atoms with Crippen LogP contribution in [0.1, 0.15) is 5.56 Å². The van der Waals surface area contributed by atoms with Crippen LogP contribution in [0, 0.1) is 0 Å². The molecule has 1 amide bonds. The molecule has 0 unspecified atom stereocenters. The first-order valence-electron chi connectivity index (χ1n) is 5.85. The molecule has 0 fully saturated rings. The van der Waals surface area contributed by atoms with Crippen molar-refractivity contribution < 1.29 is 23.9 Å². The molecule has 6 nitrogen and oxygen atoms in total. The number of benzene rings is 1. The van der Waals surface area contributed by atoms with Crippen molar-refractivity contribution >= 4 is 17.8 Å². The second kappa shape index (κ2) is 8.47. The lowest BCUT2D eigenvalue weighted by Crippen LogP contribution is -2.28. The van der Waals surface area contributed by atoms with Crippen LogP contribution in [0.25, 0.3) is 0 Å². The van der Waals surface area contributed by atoms with Crippen molar-refractivity contribution in [2.45, 2.75) is 6.54 Å². The fourth-order valence-corrected chi connectivity index (χ4v) is 1.24. The van der Waals surface area contributed by atoms with Crippen molar-refractivity contribution in [1.82, 2.24) is 5.32 Å². The maximum Gasteiger partial charge on any atom is 0.331 e. The highest BCUT2D eigenvalue weighted by atomic mass is 16.5. The molecule has 0 heterocycles. The minimum Gasteiger partial charge on any atom is -0.466 e. The Bertz CT molecular complexity index is 496. The summed E-state index contributed by atoms with van der Waals surface area (Å²) >= 11 is 0. The van der Waals surface area contributed by atoms with E-state index in [0.29, 0.717) is 6.54 Å². The molecule has 6 heteroatoms. The van der Waals surface area contributed by atoms with Crippen molar-refractivity contribution in [2.24, 2.45) is 0 Å². The highest BCUT2D eigenvalue weighted by molar-refractivity contribution is 5.92. The number of esters is 2. The molecule has 0 aliphatic carbocycles. The molecule has 106 valence electrons. The molecule has 0 spiro atoms. The van der Waals surface area contributed by atoms with Gasteiger partial charge in [0.1, 0.15) is 0 Å². The summed E-state index contributed by atoms with van der Waals surface area (Å²) in [5, 5.41) is 2.60. The Balaban J connectivity index is 2.24. The lowest BCUT2D eigenvalue weighted by molar-refractivity contribution is -0.144. The SMILES string of the molecule is COC(=O)/C=C/C(=O)OCC(=O)NCc1ccccc1. The van der Waals surface area contributed by atoms with E-state index in [1.165, 1.54) is 7.11 Å². The third-order valence-corrected chi connectivity index (χ3v) is 2.23. The average Bonchev–Trinajstić information content (AvgIpc) is 2.49. The molecule has 0 radical (unpaired) electrons. The number of carbonyl (C=O) groups is 3. The van der Waals surface area contributed by atoms with Crippen LogP contribution in [0.5, 0.6) is 0 Å². The van der Waals surface area contributed by atoms with Gasteiger partial charge in [0.05, 0.1) is 7.11 Å². The van der Waals surface area contributed by atoms with Gasteiger partial charge in [0, 0.05) is 18.7 Å². The summed E-state index contributed by atoms with van der Waals surface area (Å²) in [6, 6.07) is 9.33. The average molecular weight is 277 g/mol. The maximum atomic E-state index is 11.4. The van der Waals surface area contributed by atoms with Gasteiger partial charge < -0.3 is 14.8 Å². The summed E-state index contributed by atoms with van der Waals surface area (Å²) < 4.78 is 8.94. The van der Waals surface area contributed by atoms with Gasteiger partial charge in [-0.15, -0.1) is 0 Å². The van der Waals surface area contributed by atoms with Gasteiger partial charge in [0.15, 0.2) is 6.61 Å². The molecule has 1 N–H and O–H groups in total. The molecule has 0 atom stereocenters. The van der Waals surface area contributed by atoms with Gasteiger partial charge in [-0.25, -0.2) is 9.59 Å². The summed E-state index contributed by atoms with van der Waals surface area (Å²) in [6.45, 7) is -0.0492. The fourth-order valence-electron chi connectivity index (χ4n) is 1.24. The van der Waals surface area contributed by atoms with Gasteiger partial charge in [0.2, 0.25) is 0 Å². The van der Waals surface area contributed by atoms with Crippen molar-refractivity contribution in [3.05, 3.63) is 48.0 Å². The molecule has 1 aromatic carbocycles. The van der Waals surface area contributed by atoms with Gasteiger partial charge in [0.25, 0.3) is 5.91 Å². The summed E-state index contributed by atoms with van der Waals surface area (Å²) in [4.78, 5) is 33.3. The van der Waals surface area contributed by atoms with E-state index in [1.54, 1.807) is 0 Å². The number of hydrogen-bond acceptors (Lipinski definition) is 5. The Kier molecular flexibility index (Phi) is 6.53. The standard InChI is InChI=1S/C14H15NO5/c1-19-13(17)7-8-14(18)20-10-12(16)15-9-11-5-3-2-4-6-11/h2-8H,9-10H2,1H3,(H,15,16)/b8-7+. The van der Waals surface area contributed by atoms with Crippen LogP contribution in [0.15, 0.2) is 42.5 Å². The smallest absolute Gasteiger partial charge is 0.331 e. The Hall–Kier alpha value is -2.63. The Morgan fingerprint density at radius 2 is 1.75 bits per heavy atom. The van der Waals surface area contributed by atoms with E-state index in [0.717, 1.165) is 17.7 Å². The lowest BCUT2D eigenvalue weighted by atomic mass is 10.2. The van der Waals surface area contributed by atoms with Crippen molar-refractivity contribution in [2.75, 3.05) is 13.7 Å². The summed E-state index contributed by atoms with van der Waals surface area (Å²) in [7, 11) is 1.19. The molecule has 0 aliphatic heterocycles. The molecular weight excluding hydrogens is 262 g/mol. The van der Waals surface area contributed by atoms with E-state index < -0.39 is 24.5 Å². The zero-order chi connectivity index (χ0) is 14.8. The van der Waals surface area contributed by atoms with Crippen LogP contribution >= 0.6 is 0 Å². The van der Waals surface area contributed by atoms with Crippen molar-refractivity contribution in [3.63, 3.8) is 0 Å². The third kappa shape index (κ3) is 6.34. The van der Waals surface area contributed by atoms with E-state index in [1.807, 2.05) is 30.3 Å². The Labute approximate surface area is 116 Å². The lowest BCUT2D eigenvalue weighted by Gasteiger charge is -2.05. The van der Waals surface area contributed by atoms with Gasteiger partial charge in [-0.3, -0.25) is 4.79 Å². The first-order valence-corrected chi connectivity index (χ1v) is 5.85. The molecule has 0 aliphatic rings. The number of nitrogens with one attached hydrogen (secondary N) is 1. The summed E-state index contributed by atoms with van der Waals surface area (Å²) in [5.41, 5.74) is 0.942. The molecule has 20 heavy (non-hydrogen) atoms. The highest BCUT2D eigenvalue weighted by Gasteiger charge is 2.05. The van der Waals surface area contributed by atoms with E-state index >= 15 is 0 Å². The van der Waals surface area contributed by atoms with Crippen LogP contribution in [0.3, 0.4) is 0 Å². The maximum absolute atomic E-state index is 11.4. The number of methoxy groups -OCH3 is 1. The molecule has 0 saturated heterocycles. The van der Waals surface area contributed by atoms with Crippen LogP contribution < -0.4 is 5.32 Å². The minimum absolute atomic E-state index is 0.356. The Morgan fingerprint density at radius 3 is 2.40 bits per heavy atom. The monoisotopic (exact) mass is 277 g/mol. The van der Waals surface area contributed by atoms with E-state index in [-0.39, 0.29) is 0 Å². The minimum atomic E-state index is -0.787. The molecule has 0 saturated carbocycles. The predicted octanol–water partition coefficient (Wildman–Crippen LogP) is 0.575. The topological polar surface area (TPSA) is 81.7 Å². The number of amides is 1. The van der Waals surface area contributed by atoms with Gasteiger partial charge >= 0.3 is 11.9 Å². The quantitative estimate of drug-likeness (QED) is 0.607. The number of hydrogen-bond donors (Lipinski definition) is 1. The van der Waals surface area contributed by atoms with Crippen molar-refractivity contribution in [3.8, 4) is 0 Å². The van der Waals surface area contributed by atoms with Crippen LogP contribution in [0.2, 0.25) is 0 Å². The van der Waals surface area contributed by atoms with Gasteiger partial charge in [-0.2, -0.15) is 0 Å². The van der Waals surface area contributed by atoms with E-state index in [9.17, 15) is 14.4 Å². The van der Waals surface area contributed by atoms with Crippen molar-refractivity contribution in [1.29, 1.82) is 0 Å². The zero-order valence-electron chi connectivity index (χ0n) is 11.0. The number of carbonyl (C=O) groups excluding carboxylic acids is 3. The number of rotatable bonds is 6. The molecule has 1 rings (SSSR count). The van der Waals surface area contributed by atoms with Crippen LogP contribution in [-0.2, 0) is 30.4 Å². The fraction of sp³-hybridized carbons (Fsp3) is 0.214. The van der Waals surface area contributed by atoms with Gasteiger partial charge in [-0.1, -0.05) is 30.3 Å². The van der Waals surface area contributed by atoms with Crippen LogP contribution in [0.4, 0.5) is 0 Å². The molecule has 0 bridgehead atoms. The first kappa shape index (κ1) is 15.4. The highest BCUT2D eigenvalue weighted by Crippen LogP contribution is 1.96. The predicted molar refractivity (Wildman–Crippen MR) is 70.4 cm³/mol. The number of ether oxygens (including phenoxy) is 2. The second-order valence-electron chi connectivity index (χ2n) is 3.73. The normalized spacial score (nSPS) is 10.1. The third-order valence-electron chi connectivity index (χ3n) is 2.23. The molecular formula is C14H15NO5. The first-order chi connectivity index (χ1) is 9.61. The van der Waals surface area contributed by atoms with E-state index in [2.05, 4.69) is 14.8 Å². The Morgan fingerprint density at radius 1 is 1.10 bits per heavy atom. The zero-order valence-corrected chi connectivity index (χ0v) is 11.0. The largest absolute Gasteiger partial charge is 0.466 e. The summed E-state index contributed by atoms with van der Waals surface area (Å²) in [5.74, 6) is -1.88. The van der Waals surface area contributed by atoms with Crippen LogP contribution in [-0.4, -0.2) is 31.6 Å². The molecule has 1 aromatic rings. The molecule has 0 aromatic heterocycles. The summed E-state index contributed by atoms with van der Waals surface area (Å²) in [6.07, 6.45) is 1.82. The van der Waals surface area contributed by atoms with Gasteiger partial charge in [-0.05, 0) is 5.56 Å². The second-order valence-corrected chi connectivity index (χ2v) is 3.73. The van der Waals surface area contributed by atoms with E-state index in [4.69, 9.17) is 0 Å².